The molecule has 0 saturated heterocycles. The van der Waals surface area contributed by atoms with E-state index in [9.17, 15) is 18.0 Å². The molecule has 3 rings (SSSR count). The van der Waals surface area contributed by atoms with Crippen molar-refractivity contribution in [2.24, 2.45) is 0 Å². The molecule has 1 N–H and O–H groups in total. The Morgan fingerprint density at radius 1 is 1.09 bits per heavy atom. The first-order valence-electron chi connectivity index (χ1n) is 6.35. The lowest BCUT2D eigenvalue weighted by Gasteiger charge is -2.08. The van der Waals surface area contributed by atoms with Gasteiger partial charge in [0.2, 0.25) is 0 Å². The van der Waals surface area contributed by atoms with Crippen LogP contribution in [0.5, 0.6) is 0 Å². The number of carbonyl (C=O) groups excluding carboxylic acids is 1. The fourth-order valence-electron chi connectivity index (χ4n) is 2.28. The van der Waals surface area contributed by atoms with Gasteiger partial charge in [0.05, 0.1) is 5.56 Å². The average molecular weight is 368 g/mol. The number of anilines is 1. The minimum absolute atomic E-state index is 0.182. The maximum absolute atomic E-state index is 12.7. The minimum Gasteiger partial charge on any atom is -0.321 e. The molecule has 0 unspecified atom stereocenters. The third kappa shape index (κ3) is 2.78. The predicted molar refractivity (Wildman–Crippen MR) is 82.1 cm³/mol. The van der Waals surface area contributed by atoms with Crippen LogP contribution in [0.4, 0.5) is 18.9 Å². The van der Waals surface area contributed by atoms with Gasteiger partial charge in [-0.15, -0.1) is 0 Å². The standard InChI is InChI=1S/C16H9BrF3NO/c17-11-3-1-2-9(6-11)7-13-12-5-4-10(16(18,19)20)8-14(12)21-15(13)22/h1-8H,(H,21,22)/b13-7+. The van der Waals surface area contributed by atoms with Gasteiger partial charge in [0.1, 0.15) is 0 Å². The molecular formula is C16H9BrF3NO. The SMILES string of the molecule is O=C1Nc2cc(C(F)(F)F)ccc2/C1=C\c1cccc(Br)c1. The Hall–Kier alpha value is -2.08. The van der Waals surface area contributed by atoms with Crippen molar-refractivity contribution in [2.75, 3.05) is 5.32 Å². The summed E-state index contributed by atoms with van der Waals surface area (Å²) in [6.45, 7) is 0. The second-order valence-corrected chi connectivity index (χ2v) is 5.74. The van der Waals surface area contributed by atoms with Crippen LogP contribution in [-0.4, -0.2) is 5.91 Å². The number of amides is 1. The van der Waals surface area contributed by atoms with Crippen molar-refractivity contribution in [3.05, 3.63) is 63.6 Å². The van der Waals surface area contributed by atoms with Crippen molar-refractivity contribution < 1.29 is 18.0 Å². The molecule has 1 heterocycles. The Morgan fingerprint density at radius 3 is 2.55 bits per heavy atom. The zero-order valence-corrected chi connectivity index (χ0v) is 12.6. The molecule has 0 spiro atoms. The summed E-state index contributed by atoms with van der Waals surface area (Å²) < 4.78 is 39.0. The molecule has 1 aliphatic heterocycles. The molecule has 22 heavy (non-hydrogen) atoms. The normalized spacial score (nSPS) is 15.8. The zero-order valence-electron chi connectivity index (χ0n) is 11.0. The molecule has 1 amide bonds. The van der Waals surface area contributed by atoms with Crippen LogP contribution in [0.1, 0.15) is 16.7 Å². The highest BCUT2D eigenvalue weighted by Gasteiger charge is 2.33. The summed E-state index contributed by atoms with van der Waals surface area (Å²) >= 11 is 3.33. The van der Waals surface area contributed by atoms with Gasteiger partial charge in [0, 0.05) is 21.3 Å². The van der Waals surface area contributed by atoms with Crippen LogP contribution in [0.15, 0.2) is 46.9 Å². The van der Waals surface area contributed by atoms with Gasteiger partial charge in [-0.1, -0.05) is 34.1 Å². The molecule has 6 heteroatoms. The third-order valence-electron chi connectivity index (χ3n) is 3.29. The zero-order chi connectivity index (χ0) is 15.9. The fourth-order valence-corrected chi connectivity index (χ4v) is 2.69. The van der Waals surface area contributed by atoms with E-state index in [1.165, 1.54) is 6.07 Å². The van der Waals surface area contributed by atoms with Crippen molar-refractivity contribution in [2.45, 2.75) is 6.18 Å². The van der Waals surface area contributed by atoms with Crippen LogP contribution in [-0.2, 0) is 11.0 Å². The molecule has 2 nitrogen and oxygen atoms in total. The molecule has 1 aliphatic rings. The summed E-state index contributed by atoms with van der Waals surface area (Å²) in [7, 11) is 0. The first-order chi connectivity index (χ1) is 10.3. The summed E-state index contributed by atoms with van der Waals surface area (Å²) in [5, 5.41) is 2.48. The van der Waals surface area contributed by atoms with Crippen molar-refractivity contribution in [1.82, 2.24) is 0 Å². The highest BCUT2D eigenvalue weighted by atomic mass is 79.9. The van der Waals surface area contributed by atoms with E-state index in [2.05, 4.69) is 21.2 Å². The molecule has 0 aliphatic carbocycles. The Labute approximate surface area is 132 Å². The van der Waals surface area contributed by atoms with Gasteiger partial charge >= 0.3 is 6.18 Å². The monoisotopic (exact) mass is 367 g/mol. The van der Waals surface area contributed by atoms with Gasteiger partial charge < -0.3 is 5.32 Å². The van der Waals surface area contributed by atoms with Crippen LogP contribution >= 0.6 is 15.9 Å². The summed E-state index contributed by atoms with van der Waals surface area (Å²) in [5.41, 5.74) is 1.00. The number of rotatable bonds is 1. The van der Waals surface area contributed by atoms with Gasteiger partial charge in [-0.05, 0) is 35.9 Å². The van der Waals surface area contributed by atoms with E-state index < -0.39 is 17.6 Å². The lowest BCUT2D eigenvalue weighted by atomic mass is 10.0. The first-order valence-corrected chi connectivity index (χ1v) is 7.14. The van der Waals surface area contributed by atoms with E-state index >= 15 is 0 Å². The highest BCUT2D eigenvalue weighted by molar-refractivity contribution is 9.10. The minimum atomic E-state index is -4.43. The predicted octanol–water partition coefficient (Wildman–Crippen LogP) is 4.96. The summed E-state index contributed by atoms with van der Waals surface area (Å²) in [5.74, 6) is -0.408. The Kier molecular flexibility index (Phi) is 3.56. The molecule has 0 bridgehead atoms. The number of fused-ring (bicyclic) bond motifs is 1. The van der Waals surface area contributed by atoms with E-state index in [0.29, 0.717) is 11.1 Å². The number of halogens is 4. The molecule has 0 atom stereocenters. The van der Waals surface area contributed by atoms with Crippen molar-refractivity contribution in [3.8, 4) is 0 Å². The first kappa shape index (κ1) is 14.8. The Balaban J connectivity index is 2.05. The molecule has 112 valence electrons. The summed E-state index contributed by atoms with van der Waals surface area (Å²) in [6, 6.07) is 10.6. The second-order valence-electron chi connectivity index (χ2n) is 4.83. The molecule has 0 aromatic heterocycles. The van der Waals surface area contributed by atoms with Gasteiger partial charge in [0.25, 0.3) is 5.91 Å². The third-order valence-corrected chi connectivity index (χ3v) is 3.78. The van der Waals surface area contributed by atoms with Crippen LogP contribution < -0.4 is 5.32 Å². The largest absolute Gasteiger partial charge is 0.416 e. The topological polar surface area (TPSA) is 29.1 Å². The van der Waals surface area contributed by atoms with E-state index in [1.54, 1.807) is 6.08 Å². The molecule has 2 aromatic carbocycles. The van der Waals surface area contributed by atoms with E-state index in [4.69, 9.17) is 0 Å². The molecule has 0 radical (unpaired) electrons. The van der Waals surface area contributed by atoms with Crippen molar-refractivity contribution in [1.29, 1.82) is 0 Å². The van der Waals surface area contributed by atoms with Crippen LogP contribution in [0.25, 0.3) is 11.6 Å². The van der Waals surface area contributed by atoms with Crippen molar-refractivity contribution >= 4 is 39.2 Å². The molecule has 0 fully saturated rings. The quantitative estimate of drug-likeness (QED) is 0.709. The molecule has 2 aromatic rings. The van der Waals surface area contributed by atoms with E-state index in [-0.39, 0.29) is 5.69 Å². The van der Waals surface area contributed by atoms with Crippen LogP contribution in [0, 0.1) is 0 Å². The average Bonchev–Trinajstić information content (AvgIpc) is 2.73. The molecule has 0 saturated carbocycles. The van der Waals surface area contributed by atoms with Gasteiger partial charge in [-0.2, -0.15) is 13.2 Å². The Morgan fingerprint density at radius 2 is 1.86 bits per heavy atom. The van der Waals surface area contributed by atoms with Gasteiger partial charge in [0.15, 0.2) is 0 Å². The number of alkyl halides is 3. The molecular weight excluding hydrogens is 359 g/mol. The number of carbonyl (C=O) groups is 1. The van der Waals surface area contributed by atoms with Crippen LogP contribution in [0.3, 0.4) is 0 Å². The van der Waals surface area contributed by atoms with E-state index in [1.807, 2.05) is 24.3 Å². The second kappa shape index (κ2) is 5.28. The number of nitrogens with one attached hydrogen (secondary N) is 1. The lowest BCUT2D eigenvalue weighted by molar-refractivity contribution is -0.137. The summed E-state index contributed by atoms with van der Waals surface area (Å²) in [6.07, 6.45) is -2.78. The maximum Gasteiger partial charge on any atom is 0.416 e. The number of hydrogen-bond acceptors (Lipinski definition) is 1. The smallest absolute Gasteiger partial charge is 0.321 e. The lowest BCUT2D eigenvalue weighted by Crippen LogP contribution is -2.06. The highest BCUT2D eigenvalue weighted by Crippen LogP contribution is 2.38. The summed E-state index contributed by atoms with van der Waals surface area (Å²) in [4.78, 5) is 12.0. The van der Waals surface area contributed by atoms with E-state index in [0.717, 1.165) is 22.2 Å². The maximum atomic E-state index is 12.7. The Bertz CT molecular complexity index is 796. The number of benzene rings is 2. The number of hydrogen-bond donors (Lipinski definition) is 1. The van der Waals surface area contributed by atoms with Gasteiger partial charge in [-0.25, -0.2) is 0 Å². The van der Waals surface area contributed by atoms with Crippen molar-refractivity contribution in [3.63, 3.8) is 0 Å². The fraction of sp³-hybridized carbons (Fsp3) is 0.0625. The van der Waals surface area contributed by atoms with Crippen LogP contribution in [0.2, 0.25) is 0 Å². The van der Waals surface area contributed by atoms with Gasteiger partial charge in [-0.3, -0.25) is 4.79 Å².